The molecule has 0 fully saturated rings. The first-order valence-corrected chi connectivity index (χ1v) is 5.33. The number of esters is 1. The number of nitrogens with zero attached hydrogens (tertiary/aromatic N) is 1. The minimum atomic E-state index is -0.592. The fourth-order valence-corrected chi connectivity index (χ4v) is 1.32. The van der Waals surface area contributed by atoms with E-state index in [0.717, 1.165) is 0 Å². The van der Waals surface area contributed by atoms with Crippen LogP contribution in [-0.2, 0) is 4.79 Å². The number of ether oxygens (including phenoxy) is 1. The van der Waals surface area contributed by atoms with Crippen molar-refractivity contribution in [3.63, 3.8) is 0 Å². The number of furan rings is 1. The Morgan fingerprint density at radius 3 is 2.58 bits per heavy atom. The van der Waals surface area contributed by atoms with E-state index in [9.17, 15) is 14.9 Å². The van der Waals surface area contributed by atoms with Crippen LogP contribution in [0.15, 0.2) is 53.2 Å². The first-order valence-electron chi connectivity index (χ1n) is 5.33. The molecule has 0 aliphatic carbocycles. The van der Waals surface area contributed by atoms with Crippen LogP contribution < -0.4 is 4.74 Å². The number of benzene rings is 1. The van der Waals surface area contributed by atoms with Gasteiger partial charge in [0.15, 0.2) is 0 Å². The number of non-ortho nitro benzene ring substituents is 1. The topological polar surface area (TPSA) is 82.6 Å². The zero-order chi connectivity index (χ0) is 13.7. The van der Waals surface area contributed by atoms with E-state index in [4.69, 9.17) is 9.15 Å². The van der Waals surface area contributed by atoms with Crippen LogP contribution in [0.5, 0.6) is 5.75 Å². The molecule has 19 heavy (non-hydrogen) atoms. The lowest BCUT2D eigenvalue weighted by atomic mass is 10.3. The van der Waals surface area contributed by atoms with Gasteiger partial charge in [0, 0.05) is 18.2 Å². The monoisotopic (exact) mass is 259 g/mol. The largest absolute Gasteiger partial charge is 0.465 e. The molecule has 6 heteroatoms. The first kappa shape index (κ1) is 12.6. The predicted octanol–water partition coefficient (Wildman–Crippen LogP) is 2.81. The van der Waals surface area contributed by atoms with Crippen molar-refractivity contribution in [2.45, 2.75) is 0 Å². The number of nitro groups is 1. The third-order valence-corrected chi connectivity index (χ3v) is 2.19. The quantitative estimate of drug-likeness (QED) is 0.277. The van der Waals surface area contributed by atoms with Crippen molar-refractivity contribution < 1.29 is 18.9 Å². The van der Waals surface area contributed by atoms with Gasteiger partial charge in [-0.2, -0.15) is 0 Å². The van der Waals surface area contributed by atoms with Crippen molar-refractivity contribution in [3.05, 3.63) is 64.6 Å². The third kappa shape index (κ3) is 3.53. The summed E-state index contributed by atoms with van der Waals surface area (Å²) in [5.74, 6) is 0.172. The molecule has 1 aromatic heterocycles. The van der Waals surface area contributed by atoms with E-state index < -0.39 is 10.9 Å². The smallest absolute Gasteiger partial charge is 0.336 e. The standard InChI is InChI=1S/C13H9NO5/c15-13(8-7-11-2-1-9-18-11)19-12-5-3-10(4-6-12)14(16)17/h1-9H/b8-7+. The van der Waals surface area contributed by atoms with Gasteiger partial charge in [0.1, 0.15) is 11.5 Å². The lowest BCUT2D eigenvalue weighted by Crippen LogP contribution is -2.03. The number of hydrogen-bond donors (Lipinski definition) is 0. The minimum absolute atomic E-state index is 0.0640. The van der Waals surface area contributed by atoms with Crippen molar-refractivity contribution in [3.8, 4) is 5.75 Å². The Balaban J connectivity index is 1.97. The average Bonchev–Trinajstić information content (AvgIpc) is 2.90. The molecular weight excluding hydrogens is 250 g/mol. The highest BCUT2D eigenvalue weighted by molar-refractivity contribution is 5.88. The summed E-state index contributed by atoms with van der Waals surface area (Å²) in [4.78, 5) is 21.4. The summed E-state index contributed by atoms with van der Waals surface area (Å²) in [7, 11) is 0. The molecule has 0 spiro atoms. The van der Waals surface area contributed by atoms with Gasteiger partial charge < -0.3 is 9.15 Å². The summed E-state index contributed by atoms with van der Waals surface area (Å²) in [6, 6.07) is 8.63. The van der Waals surface area contributed by atoms with Crippen LogP contribution >= 0.6 is 0 Å². The van der Waals surface area contributed by atoms with E-state index >= 15 is 0 Å². The van der Waals surface area contributed by atoms with Gasteiger partial charge in [-0.25, -0.2) is 4.79 Å². The number of rotatable bonds is 4. The van der Waals surface area contributed by atoms with Gasteiger partial charge >= 0.3 is 5.97 Å². The number of carbonyl (C=O) groups excluding carboxylic acids is 1. The normalized spacial score (nSPS) is 10.5. The Labute approximate surface area is 108 Å². The molecule has 0 saturated carbocycles. The fourth-order valence-electron chi connectivity index (χ4n) is 1.32. The molecule has 0 amide bonds. The maximum Gasteiger partial charge on any atom is 0.336 e. The lowest BCUT2D eigenvalue weighted by Gasteiger charge is -1.99. The third-order valence-electron chi connectivity index (χ3n) is 2.19. The lowest BCUT2D eigenvalue weighted by molar-refractivity contribution is -0.384. The van der Waals surface area contributed by atoms with Gasteiger partial charge in [-0.15, -0.1) is 0 Å². The second kappa shape index (κ2) is 5.63. The van der Waals surface area contributed by atoms with Crippen LogP contribution in [0.3, 0.4) is 0 Å². The summed E-state index contributed by atoms with van der Waals surface area (Å²) < 4.78 is 9.96. The molecule has 0 bridgehead atoms. The minimum Gasteiger partial charge on any atom is -0.465 e. The van der Waals surface area contributed by atoms with Gasteiger partial charge in [-0.1, -0.05) is 0 Å². The van der Waals surface area contributed by atoms with E-state index in [1.165, 1.54) is 42.7 Å². The average molecular weight is 259 g/mol. The Hall–Kier alpha value is -2.89. The van der Waals surface area contributed by atoms with Crippen LogP contribution in [0.2, 0.25) is 0 Å². The second-order valence-corrected chi connectivity index (χ2v) is 3.52. The van der Waals surface area contributed by atoms with E-state index in [2.05, 4.69) is 0 Å². The maximum atomic E-state index is 11.4. The van der Waals surface area contributed by atoms with Gasteiger partial charge in [0.25, 0.3) is 5.69 Å². The SMILES string of the molecule is O=C(/C=C/c1ccco1)Oc1ccc([N+](=O)[O-])cc1. The molecule has 0 aliphatic rings. The Morgan fingerprint density at radius 1 is 1.26 bits per heavy atom. The fraction of sp³-hybridized carbons (Fsp3) is 0. The molecule has 0 saturated heterocycles. The zero-order valence-electron chi connectivity index (χ0n) is 9.68. The van der Waals surface area contributed by atoms with Crippen molar-refractivity contribution in [1.82, 2.24) is 0 Å². The van der Waals surface area contributed by atoms with Crippen LogP contribution in [-0.4, -0.2) is 10.9 Å². The van der Waals surface area contributed by atoms with Crippen molar-refractivity contribution >= 4 is 17.7 Å². The van der Waals surface area contributed by atoms with Crippen LogP contribution in [0.4, 0.5) is 5.69 Å². The van der Waals surface area contributed by atoms with Gasteiger partial charge in [-0.05, 0) is 30.3 Å². The summed E-state index contributed by atoms with van der Waals surface area (Å²) >= 11 is 0. The maximum absolute atomic E-state index is 11.4. The van der Waals surface area contributed by atoms with Crippen molar-refractivity contribution in [2.24, 2.45) is 0 Å². The predicted molar refractivity (Wildman–Crippen MR) is 66.5 cm³/mol. The van der Waals surface area contributed by atoms with E-state index in [1.54, 1.807) is 12.1 Å². The summed E-state index contributed by atoms with van der Waals surface area (Å²) in [5.41, 5.74) is -0.0640. The molecule has 96 valence electrons. The molecule has 1 aromatic carbocycles. The summed E-state index contributed by atoms with van der Waals surface area (Å²) in [6.45, 7) is 0. The molecule has 0 unspecified atom stereocenters. The number of carbonyl (C=O) groups is 1. The molecule has 0 atom stereocenters. The van der Waals surface area contributed by atoms with Crippen LogP contribution in [0.1, 0.15) is 5.76 Å². The number of hydrogen-bond acceptors (Lipinski definition) is 5. The van der Waals surface area contributed by atoms with E-state index in [0.29, 0.717) is 5.76 Å². The highest BCUT2D eigenvalue weighted by atomic mass is 16.6. The van der Waals surface area contributed by atoms with Gasteiger partial charge in [-0.3, -0.25) is 10.1 Å². The number of nitro benzene ring substituents is 1. The zero-order valence-corrected chi connectivity index (χ0v) is 9.68. The molecule has 0 aliphatic heterocycles. The molecule has 0 N–H and O–H groups in total. The van der Waals surface area contributed by atoms with Crippen molar-refractivity contribution in [1.29, 1.82) is 0 Å². The molecule has 0 radical (unpaired) electrons. The highest BCUT2D eigenvalue weighted by Gasteiger charge is 2.06. The van der Waals surface area contributed by atoms with E-state index in [-0.39, 0.29) is 11.4 Å². The Bertz CT molecular complexity index is 598. The summed E-state index contributed by atoms with van der Waals surface area (Å²) in [6.07, 6.45) is 4.16. The van der Waals surface area contributed by atoms with E-state index in [1.807, 2.05) is 0 Å². The Kier molecular flexibility index (Phi) is 3.72. The molecule has 1 heterocycles. The van der Waals surface area contributed by atoms with Gasteiger partial charge in [0.05, 0.1) is 11.2 Å². The first-order chi connectivity index (χ1) is 9.15. The second-order valence-electron chi connectivity index (χ2n) is 3.52. The van der Waals surface area contributed by atoms with Crippen LogP contribution in [0, 0.1) is 10.1 Å². The molecule has 2 aromatic rings. The van der Waals surface area contributed by atoms with Crippen LogP contribution in [0.25, 0.3) is 6.08 Å². The molecule has 6 nitrogen and oxygen atoms in total. The Morgan fingerprint density at radius 2 is 2.00 bits per heavy atom. The van der Waals surface area contributed by atoms with Gasteiger partial charge in [0.2, 0.25) is 0 Å². The highest BCUT2D eigenvalue weighted by Crippen LogP contribution is 2.17. The van der Waals surface area contributed by atoms with Crippen molar-refractivity contribution in [2.75, 3.05) is 0 Å². The summed E-state index contributed by atoms with van der Waals surface area (Å²) in [5, 5.41) is 10.4. The molecule has 2 rings (SSSR count). The molecular formula is C13H9NO5.